The summed E-state index contributed by atoms with van der Waals surface area (Å²) in [4.78, 5) is 15.2. The first-order chi connectivity index (χ1) is 13.5. The standard InChI is InChI=1S/C24H26FNO2/c1-5-8-18(22-15-19(16-26-22)23(27)9-6-2)14-17(3)12-13-20-21(25)10-7-11-24(20)28-4/h5,7-8,10-16,26H,3,6,9H2,1-2,4H3/b8-5-,13-12+,18-14+. The molecule has 1 N–H and O–H groups in total. The third-order valence-corrected chi connectivity index (χ3v) is 4.18. The van der Waals surface area contributed by atoms with Crippen LogP contribution in [0.1, 0.15) is 48.3 Å². The average molecular weight is 379 g/mol. The van der Waals surface area contributed by atoms with Gasteiger partial charge in [-0.1, -0.05) is 37.8 Å². The van der Waals surface area contributed by atoms with Crippen molar-refractivity contribution in [2.24, 2.45) is 0 Å². The third kappa shape index (κ3) is 5.43. The van der Waals surface area contributed by atoms with Gasteiger partial charge in [-0.3, -0.25) is 4.79 Å². The zero-order chi connectivity index (χ0) is 20.5. The van der Waals surface area contributed by atoms with Crippen LogP contribution in [-0.4, -0.2) is 17.9 Å². The second-order valence-electron chi connectivity index (χ2n) is 6.34. The van der Waals surface area contributed by atoms with Gasteiger partial charge < -0.3 is 9.72 Å². The van der Waals surface area contributed by atoms with Crippen LogP contribution >= 0.6 is 0 Å². The zero-order valence-electron chi connectivity index (χ0n) is 16.6. The molecule has 0 aliphatic carbocycles. The number of methoxy groups -OCH3 is 1. The van der Waals surface area contributed by atoms with Crippen LogP contribution in [0.5, 0.6) is 5.75 Å². The van der Waals surface area contributed by atoms with E-state index in [2.05, 4.69) is 11.6 Å². The minimum absolute atomic E-state index is 0.121. The van der Waals surface area contributed by atoms with Gasteiger partial charge in [-0.05, 0) is 54.8 Å². The first kappa shape index (κ1) is 21.2. The lowest BCUT2D eigenvalue weighted by Crippen LogP contribution is -1.95. The minimum Gasteiger partial charge on any atom is -0.496 e. The average Bonchev–Trinajstić information content (AvgIpc) is 3.17. The van der Waals surface area contributed by atoms with Crippen molar-refractivity contribution in [3.63, 3.8) is 0 Å². The van der Waals surface area contributed by atoms with E-state index in [-0.39, 0.29) is 11.6 Å². The van der Waals surface area contributed by atoms with E-state index >= 15 is 0 Å². The number of carbonyl (C=O) groups excluding carboxylic acids is 1. The Morgan fingerprint density at radius 2 is 2.11 bits per heavy atom. The van der Waals surface area contributed by atoms with Crippen LogP contribution in [0.2, 0.25) is 0 Å². The second kappa shape index (κ2) is 10.3. The number of aromatic nitrogens is 1. The van der Waals surface area contributed by atoms with Crippen molar-refractivity contribution in [3.8, 4) is 5.75 Å². The maximum absolute atomic E-state index is 14.1. The Hall–Kier alpha value is -3.14. The lowest BCUT2D eigenvalue weighted by molar-refractivity contribution is 0.0982. The Morgan fingerprint density at radius 3 is 2.79 bits per heavy atom. The molecule has 0 radical (unpaired) electrons. The van der Waals surface area contributed by atoms with E-state index < -0.39 is 0 Å². The number of Topliss-reactive ketones (excluding diaryl/α,β-unsaturated/α-hetero) is 1. The third-order valence-electron chi connectivity index (χ3n) is 4.18. The molecule has 0 aliphatic heterocycles. The normalized spacial score (nSPS) is 12.1. The smallest absolute Gasteiger partial charge is 0.164 e. The van der Waals surface area contributed by atoms with Crippen LogP contribution in [0.4, 0.5) is 4.39 Å². The maximum Gasteiger partial charge on any atom is 0.164 e. The number of ether oxygens (including phenoxy) is 1. The largest absolute Gasteiger partial charge is 0.496 e. The van der Waals surface area contributed by atoms with Crippen LogP contribution in [0.25, 0.3) is 11.6 Å². The lowest BCUT2D eigenvalue weighted by atomic mass is 10.1. The van der Waals surface area contributed by atoms with Gasteiger partial charge in [0.05, 0.1) is 12.7 Å². The molecule has 146 valence electrons. The van der Waals surface area contributed by atoms with E-state index in [9.17, 15) is 9.18 Å². The fourth-order valence-corrected chi connectivity index (χ4v) is 2.78. The molecule has 0 spiro atoms. The van der Waals surface area contributed by atoms with Crippen molar-refractivity contribution in [1.82, 2.24) is 4.98 Å². The summed E-state index contributed by atoms with van der Waals surface area (Å²) in [6.45, 7) is 7.94. The molecule has 0 unspecified atom stereocenters. The molecule has 2 rings (SSSR count). The lowest BCUT2D eigenvalue weighted by Gasteiger charge is -2.05. The van der Waals surface area contributed by atoms with E-state index in [0.717, 1.165) is 17.7 Å². The van der Waals surface area contributed by atoms with Crippen LogP contribution in [0.15, 0.2) is 66.9 Å². The molecule has 1 aromatic carbocycles. The van der Waals surface area contributed by atoms with E-state index in [4.69, 9.17) is 4.74 Å². The molecule has 1 heterocycles. The molecule has 3 nitrogen and oxygen atoms in total. The van der Waals surface area contributed by atoms with Gasteiger partial charge >= 0.3 is 0 Å². The summed E-state index contributed by atoms with van der Waals surface area (Å²) in [5.41, 5.74) is 3.45. The fourth-order valence-electron chi connectivity index (χ4n) is 2.78. The monoisotopic (exact) mass is 379 g/mol. The topological polar surface area (TPSA) is 42.1 Å². The number of rotatable bonds is 9. The molecule has 0 fully saturated rings. The highest BCUT2D eigenvalue weighted by Gasteiger charge is 2.09. The van der Waals surface area contributed by atoms with Crippen molar-refractivity contribution in [2.45, 2.75) is 26.7 Å². The summed E-state index contributed by atoms with van der Waals surface area (Å²) in [5, 5.41) is 0. The van der Waals surface area contributed by atoms with E-state index in [1.54, 1.807) is 30.5 Å². The first-order valence-electron chi connectivity index (χ1n) is 9.26. The molecule has 0 amide bonds. The van der Waals surface area contributed by atoms with Crippen molar-refractivity contribution in [2.75, 3.05) is 7.11 Å². The number of ketones is 1. The number of halogens is 1. The van der Waals surface area contributed by atoms with Gasteiger partial charge in [-0.15, -0.1) is 0 Å². The summed E-state index contributed by atoms with van der Waals surface area (Å²) in [7, 11) is 1.51. The molecule has 0 saturated heterocycles. The molecular formula is C24H26FNO2. The van der Waals surface area contributed by atoms with Gasteiger partial charge in [0, 0.05) is 23.9 Å². The number of allylic oxidation sites excluding steroid dienone is 6. The number of H-pyrrole nitrogens is 1. The van der Waals surface area contributed by atoms with Crippen molar-refractivity contribution < 1.29 is 13.9 Å². The summed E-state index contributed by atoms with van der Waals surface area (Å²) >= 11 is 0. The predicted octanol–water partition coefficient (Wildman–Crippen LogP) is 6.37. The molecule has 28 heavy (non-hydrogen) atoms. The number of carbonyl (C=O) groups is 1. The Morgan fingerprint density at radius 1 is 1.32 bits per heavy atom. The Balaban J connectivity index is 2.27. The van der Waals surface area contributed by atoms with Gasteiger partial charge in [-0.2, -0.15) is 0 Å². The van der Waals surface area contributed by atoms with E-state index in [1.165, 1.54) is 13.2 Å². The number of nitrogens with one attached hydrogen (secondary N) is 1. The summed E-state index contributed by atoms with van der Waals surface area (Å²) < 4.78 is 19.3. The first-order valence-corrected chi connectivity index (χ1v) is 9.26. The summed E-state index contributed by atoms with van der Waals surface area (Å²) in [6, 6.07) is 6.55. The molecule has 0 saturated carbocycles. The second-order valence-corrected chi connectivity index (χ2v) is 6.34. The van der Waals surface area contributed by atoms with Crippen LogP contribution in [-0.2, 0) is 0 Å². The van der Waals surface area contributed by atoms with Gasteiger partial charge in [0.25, 0.3) is 0 Å². The van der Waals surface area contributed by atoms with Crippen molar-refractivity contribution >= 4 is 17.4 Å². The minimum atomic E-state index is -0.357. The summed E-state index contributed by atoms with van der Waals surface area (Å²) in [6.07, 6.45) is 12.2. The highest BCUT2D eigenvalue weighted by atomic mass is 19.1. The molecule has 0 atom stereocenters. The molecule has 0 bridgehead atoms. The van der Waals surface area contributed by atoms with Crippen LogP contribution in [0, 0.1) is 5.82 Å². The highest BCUT2D eigenvalue weighted by Crippen LogP contribution is 2.24. The van der Waals surface area contributed by atoms with E-state index in [0.29, 0.717) is 28.9 Å². The predicted molar refractivity (Wildman–Crippen MR) is 114 cm³/mol. The SMILES string of the molecule is C=C(/C=C/c1c(F)cccc1OC)/C=C(\C=C/C)c1cc(C(=O)CCC)c[nH]1. The van der Waals surface area contributed by atoms with Crippen molar-refractivity contribution in [1.29, 1.82) is 0 Å². The highest BCUT2D eigenvalue weighted by molar-refractivity contribution is 5.97. The van der Waals surface area contributed by atoms with Crippen molar-refractivity contribution in [3.05, 3.63) is 89.6 Å². The Kier molecular flexibility index (Phi) is 7.76. The van der Waals surface area contributed by atoms with Crippen LogP contribution < -0.4 is 4.74 Å². The quantitative estimate of drug-likeness (QED) is 0.406. The van der Waals surface area contributed by atoms with Gasteiger partial charge in [0.2, 0.25) is 0 Å². The van der Waals surface area contributed by atoms with Gasteiger partial charge in [0.1, 0.15) is 11.6 Å². The molecule has 1 aromatic heterocycles. The van der Waals surface area contributed by atoms with Gasteiger partial charge in [0.15, 0.2) is 5.78 Å². The Bertz CT molecular complexity index is 932. The maximum atomic E-state index is 14.1. The fraction of sp³-hybridized carbons (Fsp3) is 0.208. The molecule has 4 heteroatoms. The van der Waals surface area contributed by atoms with Crippen LogP contribution in [0.3, 0.4) is 0 Å². The van der Waals surface area contributed by atoms with E-state index in [1.807, 2.05) is 38.1 Å². The summed E-state index contributed by atoms with van der Waals surface area (Å²) in [5.74, 6) is 0.227. The zero-order valence-corrected chi connectivity index (χ0v) is 16.6. The molecule has 0 aliphatic rings. The number of benzene rings is 1. The molecule has 2 aromatic rings. The number of hydrogen-bond acceptors (Lipinski definition) is 2. The molecular weight excluding hydrogens is 353 g/mol. The number of aromatic amines is 1. The number of hydrogen-bond donors (Lipinski definition) is 1. The Labute approximate surface area is 165 Å². The van der Waals surface area contributed by atoms with Gasteiger partial charge in [-0.25, -0.2) is 4.39 Å².